The van der Waals surface area contributed by atoms with Crippen molar-refractivity contribution in [1.29, 1.82) is 0 Å². The Bertz CT molecular complexity index is 1160. The quantitative estimate of drug-likeness (QED) is 0.0153. The molecule has 12 heteroatoms. The van der Waals surface area contributed by atoms with Crippen molar-refractivity contribution in [2.24, 2.45) is 5.92 Å². The fourth-order valence-electron chi connectivity index (χ4n) is 5.62. The summed E-state index contributed by atoms with van der Waals surface area (Å²) in [4.78, 5) is 35.0. The average molecular weight is 827 g/mol. The van der Waals surface area contributed by atoms with E-state index in [0.717, 1.165) is 50.9 Å². The average Bonchev–Trinajstić information content (AvgIpc) is 3.18. The van der Waals surface area contributed by atoms with Crippen molar-refractivity contribution in [2.45, 2.75) is 180 Å². The van der Waals surface area contributed by atoms with Crippen LogP contribution in [0.25, 0.3) is 0 Å². The Morgan fingerprint density at radius 2 is 1.12 bits per heavy atom. The summed E-state index contributed by atoms with van der Waals surface area (Å²) in [6.45, 7) is 4.36. The van der Waals surface area contributed by atoms with E-state index >= 15 is 0 Å². The normalized spacial score (nSPS) is 15.1. The number of aliphatic hydroxyl groups is 3. The van der Waals surface area contributed by atoms with Crippen molar-refractivity contribution in [3.8, 4) is 0 Å². The first-order valence-corrected chi connectivity index (χ1v) is 23.2. The summed E-state index contributed by atoms with van der Waals surface area (Å²) < 4.78 is 32.6. The maximum atomic E-state index is 12.6. The zero-order chi connectivity index (χ0) is 42.2. The van der Waals surface area contributed by atoms with Gasteiger partial charge in [0.1, 0.15) is 12.7 Å². The van der Waals surface area contributed by atoms with Crippen LogP contribution in [-0.4, -0.2) is 76.9 Å². The molecule has 2 unspecified atom stereocenters. The van der Waals surface area contributed by atoms with Crippen LogP contribution < -0.4 is 0 Å². The number of esters is 2. The van der Waals surface area contributed by atoms with Crippen LogP contribution in [0.2, 0.25) is 0 Å². The zero-order valence-electron chi connectivity index (χ0n) is 35.6. The Morgan fingerprint density at radius 3 is 1.68 bits per heavy atom. The van der Waals surface area contributed by atoms with Crippen molar-refractivity contribution in [2.75, 3.05) is 26.4 Å². The summed E-state index contributed by atoms with van der Waals surface area (Å²) in [7, 11) is -4.66. The van der Waals surface area contributed by atoms with Gasteiger partial charge in [-0.15, -0.1) is 0 Å². The minimum absolute atomic E-state index is 0.00954. The summed E-state index contributed by atoms with van der Waals surface area (Å²) >= 11 is 0. The van der Waals surface area contributed by atoms with Crippen molar-refractivity contribution in [3.05, 3.63) is 60.8 Å². The first-order chi connectivity index (χ1) is 27.5. The molecule has 0 aliphatic rings. The second-order valence-corrected chi connectivity index (χ2v) is 16.5. The molecule has 330 valence electrons. The Morgan fingerprint density at radius 1 is 0.614 bits per heavy atom. The molecule has 0 bridgehead atoms. The zero-order valence-corrected chi connectivity index (χ0v) is 36.5. The van der Waals surface area contributed by atoms with Gasteiger partial charge in [-0.1, -0.05) is 165 Å². The summed E-state index contributed by atoms with van der Waals surface area (Å²) in [5.74, 6) is -0.326. The number of ether oxygens (including phenoxy) is 2. The second-order valence-electron chi connectivity index (χ2n) is 15.0. The van der Waals surface area contributed by atoms with Crippen molar-refractivity contribution in [3.63, 3.8) is 0 Å². The maximum Gasteiger partial charge on any atom is 0.472 e. The predicted octanol–water partition coefficient (Wildman–Crippen LogP) is 10.3. The van der Waals surface area contributed by atoms with Gasteiger partial charge in [-0.3, -0.25) is 18.6 Å². The van der Waals surface area contributed by atoms with E-state index in [9.17, 15) is 29.3 Å². The molecule has 0 saturated heterocycles. The van der Waals surface area contributed by atoms with Crippen LogP contribution in [-0.2, 0) is 32.7 Å². The first kappa shape index (κ1) is 54.6. The number of hydrogen-bond donors (Lipinski definition) is 4. The summed E-state index contributed by atoms with van der Waals surface area (Å²) in [5.41, 5.74) is 0. The van der Waals surface area contributed by atoms with Gasteiger partial charge in [0.2, 0.25) is 0 Å². The maximum absolute atomic E-state index is 12.6. The summed E-state index contributed by atoms with van der Waals surface area (Å²) in [6, 6.07) is 0. The monoisotopic (exact) mass is 827 g/mol. The van der Waals surface area contributed by atoms with E-state index in [1.807, 2.05) is 12.2 Å². The van der Waals surface area contributed by atoms with Gasteiger partial charge in [-0.05, 0) is 50.9 Å². The SMILES string of the molecule is CC/C=C\C/C=C\C/C=C\C/C=C\C=C\C(O)CCCC(=O)OC[C@H](COP(=O)(O)OC[C@@H](O)CO)OC(=O)CCCCCCCCCCCCCCCC(C)C. The smallest absolute Gasteiger partial charge is 0.462 e. The van der Waals surface area contributed by atoms with Gasteiger partial charge in [-0.25, -0.2) is 4.57 Å². The van der Waals surface area contributed by atoms with Gasteiger partial charge in [-0.2, -0.15) is 0 Å². The largest absolute Gasteiger partial charge is 0.472 e. The molecule has 4 N–H and O–H groups in total. The highest BCUT2D eigenvalue weighted by molar-refractivity contribution is 7.47. The van der Waals surface area contributed by atoms with Gasteiger partial charge in [0.15, 0.2) is 6.10 Å². The third kappa shape index (κ3) is 40.2. The van der Waals surface area contributed by atoms with E-state index in [4.69, 9.17) is 19.1 Å². The molecule has 0 aromatic rings. The van der Waals surface area contributed by atoms with E-state index in [1.54, 1.807) is 12.2 Å². The van der Waals surface area contributed by atoms with Crippen LogP contribution in [0.3, 0.4) is 0 Å². The molecule has 0 aromatic carbocycles. The highest BCUT2D eigenvalue weighted by Gasteiger charge is 2.27. The van der Waals surface area contributed by atoms with Gasteiger partial charge in [0.25, 0.3) is 0 Å². The van der Waals surface area contributed by atoms with E-state index in [2.05, 4.69) is 61.8 Å². The Hall–Kier alpha value is -2.37. The molecule has 11 nitrogen and oxygen atoms in total. The Kier molecular flexibility index (Phi) is 37.5. The highest BCUT2D eigenvalue weighted by atomic mass is 31.2. The third-order valence-corrected chi connectivity index (χ3v) is 9.92. The van der Waals surface area contributed by atoms with Gasteiger partial charge in [0, 0.05) is 12.8 Å². The van der Waals surface area contributed by atoms with Crippen LogP contribution >= 0.6 is 7.82 Å². The molecule has 0 heterocycles. The number of unbranched alkanes of at least 4 members (excludes halogenated alkanes) is 12. The third-order valence-electron chi connectivity index (χ3n) is 8.97. The number of phosphoric acid groups is 1. The second kappa shape index (κ2) is 39.1. The minimum Gasteiger partial charge on any atom is -0.462 e. The summed E-state index contributed by atoms with van der Waals surface area (Å²) in [5, 5.41) is 28.6. The number of aliphatic hydroxyl groups excluding tert-OH is 3. The number of rotatable bonds is 39. The molecule has 0 aromatic heterocycles. The van der Waals surface area contributed by atoms with Crippen LogP contribution in [0.4, 0.5) is 0 Å². The Labute approximate surface area is 345 Å². The fraction of sp³-hybridized carbons (Fsp3) is 0.733. The van der Waals surface area contributed by atoms with Gasteiger partial charge < -0.3 is 29.7 Å². The number of carbonyl (C=O) groups is 2. The minimum atomic E-state index is -4.66. The molecule has 0 spiro atoms. The number of phosphoric ester groups is 1. The summed E-state index contributed by atoms with van der Waals surface area (Å²) in [6.07, 6.45) is 37.9. The van der Waals surface area contributed by atoms with E-state index in [1.165, 1.54) is 64.2 Å². The van der Waals surface area contributed by atoms with Gasteiger partial charge in [0.05, 0.1) is 25.9 Å². The lowest BCUT2D eigenvalue weighted by Crippen LogP contribution is -2.30. The topological polar surface area (TPSA) is 169 Å². The Balaban J connectivity index is 4.48. The molecule has 4 atom stereocenters. The molecule has 0 radical (unpaired) electrons. The first-order valence-electron chi connectivity index (χ1n) is 21.7. The highest BCUT2D eigenvalue weighted by Crippen LogP contribution is 2.43. The van der Waals surface area contributed by atoms with Crippen molar-refractivity contribution in [1.82, 2.24) is 0 Å². The lowest BCUT2D eigenvalue weighted by atomic mass is 10.0. The number of hydrogen-bond acceptors (Lipinski definition) is 10. The molecule has 57 heavy (non-hydrogen) atoms. The van der Waals surface area contributed by atoms with E-state index in [0.29, 0.717) is 19.3 Å². The number of allylic oxidation sites excluding steroid dienone is 9. The van der Waals surface area contributed by atoms with Crippen molar-refractivity contribution < 1.29 is 52.9 Å². The molecule has 0 rings (SSSR count). The van der Waals surface area contributed by atoms with Crippen LogP contribution in [0.5, 0.6) is 0 Å². The predicted molar refractivity (Wildman–Crippen MR) is 229 cm³/mol. The van der Waals surface area contributed by atoms with E-state index < -0.39 is 64.5 Å². The lowest BCUT2D eigenvalue weighted by Gasteiger charge is -2.20. The molecule has 0 saturated carbocycles. The van der Waals surface area contributed by atoms with Crippen LogP contribution in [0, 0.1) is 5.92 Å². The number of carbonyl (C=O) groups excluding carboxylic acids is 2. The lowest BCUT2D eigenvalue weighted by molar-refractivity contribution is -0.161. The fourth-order valence-corrected chi connectivity index (χ4v) is 6.41. The molecule has 0 amide bonds. The molecule has 0 fully saturated rings. The van der Waals surface area contributed by atoms with Crippen LogP contribution in [0.1, 0.15) is 162 Å². The van der Waals surface area contributed by atoms with Crippen molar-refractivity contribution >= 4 is 19.8 Å². The molecule has 0 aliphatic carbocycles. The van der Waals surface area contributed by atoms with Gasteiger partial charge >= 0.3 is 19.8 Å². The molecule has 0 aliphatic heterocycles. The standard InChI is InChI=1S/C45H79O11P/c1-4-5-6-7-8-9-10-12-16-19-22-25-28-32-41(47)33-30-35-44(49)53-38-43(39-55-57(51,52)54-37-42(48)36-46)56-45(50)34-29-26-23-20-17-14-11-13-15-18-21-24-27-31-40(2)3/h5-6,8-9,12,16,22,25,28,32,40-43,46-48H,4,7,10-11,13-15,17-21,23-24,26-27,29-31,33-39H2,1-3H3,(H,51,52)/b6-5-,9-8-,16-12-,25-22-,32-28+/t41?,42-,43+/m0/s1. The molecular formula is C45H79O11P. The van der Waals surface area contributed by atoms with Crippen LogP contribution in [0.15, 0.2) is 60.8 Å². The molecular weight excluding hydrogens is 747 g/mol. The van der Waals surface area contributed by atoms with E-state index in [-0.39, 0.29) is 12.8 Å².